The highest BCUT2D eigenvalue weighted by atomic mass is 19.4. The van der Waals surface area contributed by atoms with Crippen LogP contribution in [0.4, 0.5) is 17.6 Å². The van der Waals surface area contributed by atoms with Crippen LogP contribution in [0.15, 0.2) is 30.5 Å². The Morgan fingerprint density at radius 2 is 1.95 bits per heavy atom. The van der Waals surface area contributed by atoms with Gasteiger partial charge in [-0.25, -0.2) is 9.07 Å². The van der Waals surface area contributed by atoms with Gasteiger partial charge >= 0.3 is 6.18 Å². The van der Waals surface area contributed by atoms with Crippen molar-refractivity contribution >= 4 is 0 Å². The van der Waals surface area contributed by atoms with E-state index in [1.54, 1.807) is 0 Å². The van der Waals surface area contributed by atoms with Gasteiger partial charge in [0.05, 0.1) is 5.69 Å². The van der Waals surface area contributed by atoms with E-state index in [0.29, 0.717) is 17.8 Å². The van der Waals surface area contributed by atoms with E-state index in [2.05, 4.69) is 10.4 Å². The van der Waals surface area contributed by atoms with Crippen LogP contribution >= 0.6 is 0 Å². The molecule has 2 rings (SSSR count). The van der Waals surface area contributed by atoms with Crippen molar-refractivity contribution in [2.75, 3.05) is 0 Å². The van der Waals surface area contributed by atoms with Crippen LogP contribution in [0.1, 0.15) is 25.1 Å². The van der Waals surface area contributed by atoms with Crippen molar-refractivity contribution in [3.05, 3.63) is 47.5 Å². The number of hydrogen-bond donors (Lipinski definition) is 1. The number of alkyl halides is 3. The van der Waals surface area contributed by atoms with Gasteiger partial charge in [0.2, 0.25) is 0 Å². The van der Waals surface area contributed by atoms with Crippen LogP contribution in [-0.2, 0) is 12.7 Å². The van der Waals surface area contributed by atoms with Gasteiger partial charge in [0.1, 0.15) is 5.82 Å². The molecule has 0 unspecified atom stereocenters. The summed E-state index contributed by atoms with van der Waals surface area (Å²) in [6, 6.07) is 4.97. The molecule has 114 valence electrons. The maximum absolute atomic E-state index is 13.3. The molecule has 1 N–H and O–H groups in total. The molecule has 7 heteroatoms. The second-order valence-corrected chi connectivity index (χ2v) is 4.95. The van der Waals surface area contributed by atoms with E-state index in [4.69, 9.17) is 0 Å². The molecular formula is C14H15F4N3. The molecule has 3 nitrogen and oxygen atoms in total. The highest BCUT2D eigenvalue weighted by Gasteiger charge is 2.33. The van der Waals surface area contributed by atoms with Gasteiger partial charge < -0.3 is 5.32 Å². The highest BCUT2D eigenvalue weighted by Crippen LogP contribution is 2.28. The van der Waals surface area contributed by atoms with E-state index in [0.717, 1.165) is 10.7 Å². The average molecular weight is 301 g/mol. The van der Waals surface area contributed by atoms with Crippen molar-refractivity contribution in [3.63, 3.8) is 0 Å². The fraction of sp³-hybridized carbons (Fsp3) is 0.357. The molecule has 1 aromatic carbocycles. The van der Waals surface area contributed by atoms with E-state index >= 15 is 0 Å². The first kappa shape index (κ1) is 15.5. The summed E-state index contributed by atoms with van der Waals surface area (Å²) >= 11 is 0. The molecule has 0 aliphatic heterocycles. The number of hydrogen-bond acceptors (Lipinski definition) is 2. The van der Waals surface area contributed by atoms with Crippen LogP contribution in [0.2, 0.25) is 0 Å². The third-order valence-electron chi connectivity index (χ3n) is 2.87. The fourth-order valence-corrected chi connectivity index (χ4v) is 1.84. The summed E-state index contributed by atoms with van der Waals surface area (Å²) < 4.78 is 52.2. The minimum atomic E-state index is -4.50. The molecule has 0 saturated heterocycles. The molecule has 0 bridgehead atoms. The number of rotatable bonds is 4. The average Bonchev–Trinajstić information content (AvgIpc) is 2.85. The van der Waals surface area contributed by atoms with E-state index in [1.807, 2.05) is 13.8 Å². The van der Waals surface area contributed by atoms with Gasteiger partial charge in [0.15, 0.2) is 5.69 Å². The smallest absolute Gasteiger partial charge is 0.310 e. The number of benzene rings is 1. The highest BCUT2D eigenvalue weighted by molar-refractivity contribution is 5.41. The number of halogens is 4. The summed E-state index contributed by atoms with van der Waals surface area (Å²) in [7, 11) is 0. The third-order valence-corrected chi connectivity index (χ3v) is 2.87. The fourth-order valence-electron chi connectivity index (χ4n) is 1.84. The summed E-state index contributed by atoms with van der Waals surface area (Å²) in [4.78, 5) is 0. The number of nitrogens with zero attached hydrogens (tertiary/aromatic N) is 2. The van der Waals surface area contributed by atoms with Crippen LogP contribution in [0.5, 0.6) is 0 Å². The minimum absolute atomic E-state index is 0.171. The van der Waals surface area contributed by atoms with Crippen molar-refractivity contribution < 1.29 is 17.6 Å². The first-order chi connectivity index (χ1) is 9.77. The first-order valence-electron chi connectivity index (χ1n) is 6.42. The van der Waals surface area contributed by atoms with Crippen molar-refractivity contribution in [2.24, 2.45) is 0 Å². The quantitative estimate of drug-likeness (QED) is 0.876. The van der Waals surface area contributed by atoms with E-state index in [9.17, 15) is 17.6 Å². The van der Waals surface area contributed by atoms with Gasteiger partial charge in [-0.1, -0.05) is 13.8 Å². The molecule has 0 fully saturated rings. The van der Waals surface area contributed by atoms with E-state index in [-0.39, 0.29) is 6.04 Å². The van der Waals surface area contributed by atoms with Crippen LogP contribution in [0, 0.1) is 5.82 Å². The molecule has 1 heterocycles. The molecule has 0 atom stereocenters. The Balaban J connectivity index is 2.36. The Morgan fingerprint density at radius 1 is 1.24 bits per heavy atom. The van der Waals surface area contributed by atoms with Crippen molar-refractivity contribution in [3.8, 4) is 5.69 Å². The normalized spacial score (nSPS) is 12.1. The molecule has 0 spiro atoms. The lowest BCUT2D eigenvalue weighted by molar-refractivity contribution is -0.141. The standard InChI is InChI=1S/C14H15F4N3/c1-9(2)19-8-10-7-11(15)3-4-12(10)21-6-5-13(20-21)14(16,17)18/h3-7,9,19H,8H2,1-2H3. The largest absolute Gasteiger partial charge is 0.435 e. The molecule has 0 saturated carbocycles. The van der Waals surface area contributed by atoms with Crippen LogP contribution in [0.25, 0.3) is 5.69 Å². The molecule has 0 radical (unpaired) electrons. The summed E-state index contributed by atoms with van der Waals surface area (Å²) in [5.41, 5.74) is -0.0184. The summed E-state index contributed by atoms with van der Waals surface area (Å²) in [5.74, 6) is -0.442. The maximum atomic E-state index is 13.3. The van der Waals surface area contributed by atoms with Gasteiger partial charge in [-0.3, -0.25) is 0 Å². The zero-order valence-electron chi connectivity index (χ0n) is 11.6. The summed E-state index contributed by atoms with van der Waals surface area (Å²) in [5, 5.41) is 6.62. The summed E-state index contributed by atoms with van der Waals surface area (Å²) in [6.45, 7) is 4.19. The van der Waals surface area contributed by atoms with E-state index < -0.39 is 17.7 Å². The lowest BCUT2D eigenvalue weighted by atomic mass is 10.1. The zero-order chi connectivity index (χ0) is 15.6. The van der Waals surface area contributed by atoms with Gasteiger partial charge in [0, 0.05) is 18.8 Å². The second kappa shape index (κ2) is 5.85. The predicted octanol–water partition coefficient (Wildman–Crippen LogP) is 3.53. The van der Waals surface area contributed by atoms with Gasteiger partial charge in [0.25, 0.3) is 0 Å². The molecule has 21 heavy (non-hydrogen) atoms. The number of aromatic nitrogens is 2. The predicted molar refractivity (Wildman–Crippen MR) is 70.5 cm³/mol. The van der Waals surface area contributed by atoms with Crippen molar-refractivity contribution in [2.45, 2.75) is 32.6 Å². The zero-order valence-corrected chi connectivity index (χ0v) is 11.6. The Morgan fingerprint density at radius 3 is 2.52 bits per heavy atom. The van der Waals surface area contributed by atoms with Crippen LogP contribution in [-0.4, -0.2) is 15.8 Å². The topological polar surface area (TPSA) is 29.9 Å². The lowest BCUT2D eigenvalue weighted by Gasteiger charge is -2.13. The molecular weight excluding hydrogens is 286 g/mol. The van der Waals surface area contributed by atoms with Crippen LogP contribution < -0.4 is 5.32 Å². The Kier molecular flexibility index (Phi) is 4.32. The minimum Gasteiger partial charge on any atom is -0.310 e. The Bertz CT molecular complexity index is 617. The monoisotopic (exact) mass is 301 g/mol. The van der Waals surface area contributed by atoms with E-state index in [1.165, 1.54) is 24.4 Å². The Hall–Kier alpha value is -1.89. The molecule has 0 aliphatic carbocycles. The van der Waals surface area contributed by atoms with Crippen molar-refractivity contribution in [1.29, 1.82) is 0 Å². The molecule has 0 amide bonds. The molecule has 2 aromatic rings. The third kappa shape index (κ3) is 3.81. The lowest BCUT2D eigenvalue weighted by Crippen LogP contribution is -2.23. The van der Waals surface area contributed by atoms with Crippen LogP contribution in [0.3, 0.4) is 0 Å². The van der Waals surface area contributed by atoms with Gasteiger partial charge in [-0.05, 0) is 29.8 Å². The second-order valence-electron chi connectivity index (χ2n) is 4.95. The van der Waals surface area contributed by atoms with Crippen molar-refractivity contribution in [1.82, 2.24) is 15.1 Å². The SMILES string of the molecule is CC(C)NCc1cc(F)ccc1-n1ccc(C(F)(F)F)n1. The molecule has 1 aromatic heterocycles. The Labute approximate surface area is 119 Å². The first-order valence-corrected chi connectivity index (χ1v) is 6.42. The number of nitrogens with one attached hydrogen (secondary N) is 1. The van der Waals surface area contributed by atoms with Gasteiger partial charge in [-0.2, -0.15) is 18.3 Å². The summed E-state index contributed by atoms with van der Waals surface area (Å²) in [6.07, 6.45) is -3.28. The molecule has 0 aliphatic rings. The van der Waals surface area contributed by atoms with Gasteiger partial charge in [-0.15, -0.1) is 0 Å². The maximum Gasteiger partial charge on any atom is 0.435 e.